The highest BCUT2D eigenvalue weighted by molar-refractivity contribution is 6.30. The van der Waals surface area contributed by atoms with Crippen molar-refractivity contribution in [2.24, 2.45) is 0 Å². The van der Waals surface area contributed by atoms with Gasteiger partial charge < -0.3 is 9.84 Å². The molecule has 4 aromatic rings. The SMILES string of the molecule is O=C(O)c1nnc2ccc(-c3ccccc3)c(-n3cc(Cl)cn3)c2c1OC(F)(F)F. The fraction of sp³-hybridized carbons (Fsp3) is 0.0526. The van der Waals surface area contributed by atoms with Gasteiger partial charge >= 0.3 is 12.3 Å². The molecule has 0 fully saturated rings. The van der Waals surface area contributed by atoms with Crippen molar-refractivity contribution in [2.75, 3.05) is 0 Å². The number of carboxylic acids is 1. The fourth-order valence-electron chi connectivity index (χ4n) is 3.02. The first kappa shape index (κ1) is 19.6. The Hall–Kier alpha value is -3.66. The van der Waals surface area contributed by atoms with Crippen LogP contribution in [0.2, 0.25) is 5.02 Å². The smallest absolute Gasteiger partial charge is 0.476 e. The van der Waals surface area contributed by atoms with Crippen molar-refractivity contribution in [1.82, 2.24) is 20.0 Å². The topological polar surface area (TPSA) is 90.1 Å². The van der Waals surface area contributed by atoms with E-state index in [2.05, 4.69) is 20.0 Å². The lowest BCUT2D eigenvalue weighted by Crippen LogP contribution is -2.21. The molecule has 152 valence electrons. The Kier molecular flexibility index (Phi) is 4.78. The Morgan fingerprint density at radius 1 is 1.10 bits per heavy atom. The van der Waals surface area contributed by atoms with Gasteiger partial charge in [0.05, 0.1) is 27.8 Å². The van der Waals surface area contributed by atoms with Crippen LogP contribution in [-0.2, 0) is 0 Å². The van der Waals surface area contributed by atoms with Crippen molar-refractivity contribution in [1.29, 1.82) is 0 Å². The molecule has 0 saturated carbocycles. The van der Waals surface area contributed by atoms with Crippen LogP contribution < -0.4 is 4.74 Å². The van der Waals surface area contributed by atoms with Crippen LogP contribution in [0.25, 0.3) is 27.7 Å². The zero-order valence-electron chi connectivity index (χ0n) is 14.8. The van der Waals surface area contributed by atoms with E-state index in [-0.39, 0.29) is 21.6 Å². The van der Waals surface area contributed by atoms with Gasteiger partial charge in [-0.1, -0.05) is 41.9 Å². The van der Waals surface area contributed by atoms with Crippen molar-refractivity contribution in [3.63, 3.8) is 0 Å². The molecule has 0 radical (unpaired) electrons. The summed E-state index contributed by atoms with van der Waals surface area (Å²) in [5.74, 6) is -2.71. The summed E-state index contributed by atoms with van der Waals surface area (Å²) in [6.45, 7) is 0. The maximum atomic E-state index is 13.2. The molecule has 2 heterocycles. The number of aromatic carboxylic acids is 1. The zero-order valence-corrected chi connectivity index (χ0v) is 15.5. The summed E-state index contributed by atoms with van der Waals surface area (Å²) in [5.41, 5.74) is 0.222. The summed E-state index contributed by atoms with van der Waals surface area (Å²) < 4.78 is 44.9. The third-order valence-corrected chi connectivity index (χ3v) is 4.34. The predicted octanol–water partition coefficient (Wildman–Crippen LogP) is 4.73. The first-order valence-electron chi connectivity index (χ1n) is 8.33. The molecular formula is C19H10ClF3N4O3. The van der Waals surface area contributed by atoms with Gasteiger partial charge in [0, 0.05) is 11.8 Å². The van der Waals surface area contributed by atoms with Crippen LogP contribution in [0.1, 0.15) is 10.5 Å². The lowest BCUT2D eigenvalue weighted by Gasteiger charge is -2.18. The molecule has 0 saturated heterocycles. The van der Waals surface area contributed by atoms with E-state index in [9.17, 15) is 23.1 Å². The van der Waals surface area contributed by atoms with E-state index >= 15 is 0 Å². The molecule has 0 aliphatic heterocycles. The molecule has 1 N–H and O–H groups in total. The van der Waals surface area contributed by atoms with Crippen molar-refractivity contribution in [3.05, 3.63) is 65.6 Å². The number of halogens is 4. The van der Waals surface area contributed by atoms with Crippen molar-refractivity contribution in [3.8, 4) is 22.6 Å². The molecular weight excluding hydrogens is 425 g/mol. The lowest BCUT2D eigenvalue weighted by atomic mass is 9.99. The van der Waals surface area contributed by atoms with Crippen molar-refractivity contribution < 1.29 is 27.8 Å². The highest BCUT2D eigenvalue weighted by atomic mass is 35.5. The molecule has 4 rings (SSSR count). The highest BCUT2D eigenvalue weighted by Gasteiger charge is 2.36. The Bertz CT molecular complexity index is 1260. The number of carboxylic acid groups (broad SMARTS) is 1. The summed E-state index contributed by atoms with van der Waals surface area (Å²) in [5, 5.41) is 20.6. The van der Waals surface area contributed by atoms with Gasteiger partial charge in [-0.05, 0) is 17.7 Å². The number of hydrogen-bond acceptors (Lipinski definition) is 5. The standard InChI is InChI=1S/C19H10ClF3N4O3/c20-11-8-24-27(9-11)16-12(10-4-2-1-3-5-10)6-7-13-14(16)17(30-19(21,22)23)15(18(28)29)26-25-13/h1-9H,(H,28,29). The second kappa shape index (κ2) is 7.30. The van der Waals surface area contributed by atoms with E-state index < -0.39 is 23.8 Å². The zero-order chi connectivity index (χ0) is 21.5. The maximum absolute atomic E-state index is 13.2. The molecule has 0 aliphatic carbocycles. The first-order chi connectivity index (χ1) is 14.2. The van der Waals surface area contributed by atoms with E-state index in [4.69, 9.17) is 11.6 Å². The normalized spacial score (nSPS) is 11.6. The van der Waals surface area contributed by atoms with Crippen molar-refractivity contribution in [2.45, 2.75) is 6.36 Å². The molecule has 2 aromatic carbocycles. The van der Waals surface area contributed by atoms with Gasteiger partial charge in [0.25, 0.3) is 0 Å². The van der Waals surface area contributed by atoms with Crippen LogP contribution in [0.5, 0.6) is 5.75 Å². The Balaban J connectivity index is 2.17. The van der Waals surface area contributed by atoms with Gasteiger partial charge in [0.1, 0.15) is 0 Å². The molecule has 0 atom stereocenters. The van der Waals surface area contributed by atoms with Gasteiger partial charge in [0.15, 0.2) is 5.75 Å². The molecule has 0 aliphatic rings. The number of nitrogens with zero attached hydrogens (tertiary/aromatic N) is 4. The van der Waals surface area contributed by atoms with Gasteiger partial charge in [-0.15, -0.1) is 23.4 Å². The highest BCUT2D eigenvalue weighted by Crippen LogP contribution is 2.40. The third-order valence-electron chi connectivity index (χ3n) is 4.14. The third kappa shape index (κ3) is 3.64. The van der Waals surface area contributed by atoms with E-state index in [1.165, 1.54) is 23.1 Å². The minimum absolute atomic E-state index is 0.0134. The molecule has 11 heteroatoms. The molecule has 7 nitrogen and oxygen atoms in total. The van der Waals surface area contributed by atoms with Gasteiger partial charge in [-0.3, -0.25) is 0 Å². The number of ether oxygens (including phenoxy) is 1. The predicted molar refractivity (Wildman–Crippen MR) is 101 cm³/mol. The molecule has 0 amide bonds. The minimum Gasteiger partial charge on any atom is -0.476 e. The minimum atomic E-state index is -5.16. The number of aromatic nitrogens is 4. The maximum Gasteiger partial charge on any atom is 0.573 e. The van der Waals surface area contributed by atoms with Crippen LogP contribution in [0, 0.1) is 0 Å². The van der Waals surface area contributed by atoms with Crippen LogP contribution in [0.15, 0.2) is 54.9 Å². The molecule has 30 heavy (non-hydrogen) atoms. The number of hydrogen-bond donors (Lipinski definition) is 1. The molecule has 2 aromatic heterocycles. The van der Waals surface area contributed by atoms with Gasteiger partial charge in [0.2, 0.25) is 5.69 Å². The monoisotopic (exact) mass is 434 g/mol. The Labute approximate surface area is 171 Å². The van der Waals surface area contributed by atoms with Crippen LogP contribution >= 0.6 is 11.6 Å². The van der Waals surface area contributed by atoms with E-state index in [0.29, 0.717) is 11.1 Å². The lowest BCUT2D eigenvalue weighted by molar-refractivity contribution is -0.274. The average Bonchev–Trinajstić information content (AvgIpc) is 3.12. The summed E-state index contributed by atoms with van der Waals surface area (Å²) in [6.07, 6.45) is -2.49. The van der Waals surface area contributed by atoms with E-state index in [1.807, 2.05) is 0 Å². The Morgan fingerprint density at radius 3 is 2.43 bits per heavy atom. The number of benzene rings is 2. The quantitative estimate of drug-likeness (QED) is 0.499. The summed E-state index contributed by atoms with van der Waals surface area (Å²) in [7, 11) is 0. The Morgan fingerprint density at radius 2 is 1.83 bits per heavy atom. The van der Waals surface area contributed by atoms with Crippen molar-refractivity contribution >= 4 is 28.5 Å². The summed E-state index contributed by atoms with van der Waals surface area (Å²) >= 11 is 5.97. The van der Waals surface area contributed by atoms with Crippen LogP contribution in [-0.4, -0.2) is 37.4 Å². The summed E-state index contributed by atoms with van der Waals surface area (Å²) in [6, 6.07) is 11.8. The van der Waals surface area contributed by atoms with E-state index in [0.717, 1.165) is 0 Å². The largest absolute Gasteiger partial charge is 0.573 e. The van der Waals surface area contributed by atoms with Gasteiger partial charge in [-0.25, -0.2) is 9.48 Å². The summed E-state index contributed by atoms with van der Waals surface area (Å²) in [4.78, 5) is 11.6. The van der Waals surface area contributed by atoms with Crippen LogP contribution in [0.4, 0.5) is 13.2 Å². The number of carbonyl (C=O) groups is 1. The molecule has 0 spiro atoms. The fourth-order valence-corrected chi connectivity index (χ4v) is 3.16. The average molecular weight is 435 g/mol. The number of alkyl halides is 3. The number of rotatable bonds is 4. The second-order valence-corrected chi connectivity index (χ2v) is 6.49. The van der Waals surface area contributed by atoms with Crippen LogP contribution in [0.3, 0.4) is 0 Å². The van der Waals surface area contributed by atoms with Gasteiger partial charge in [-0.2, -0.15) is 5.10 Å². The first-order valence-corrected chi connectivity index (χ1v) is 8.71. The molecule has 0 bridgehead atoms. The number of fused-ring (bicyclic) bond motifs is 1. The molecule has 0 unspecified atom stereocenters. The van der Waals surface area contributed by atoms with E-state index in [1.54, 1.807) is 36.4 Å². The second-order valence-electron chi connectivity index (χ2n) is 6.06.